The number of piperidine rings is 7. The van der Waals surface area contributed by atoms with Crippen molar-refractivity contribution in [2.75, 3.05) is 91.6 Å². The summed E-state index contributed by atoms with van der Waals surface area (Å²) in [6.45, 7) is 64.1. The van der Waals surface area contributed by atoms with Crippen molar-refractivity contribution in [3.05, 3.63) is 228 Å². The fourth-order valence-corrected chi connectivity index (χ4v) is 19.3. The van der Waals surface area contributed by atoms with Crippen LogP contribution in [0.1, 0.15) is 321 Å². The van der Waals surface area contributed by atoms with Gasteiger partial charge in [-0.2, -0.15) is 0 Å². The van der Waals surface area contributed by atoms with E-state index in [0.29, 0.717) is 82.8 Å². The summed E-state index contributed by atoms with van der Waals surface area (Å²) in [5.74, 6) is -2.71. The third-order valence-electron chi connectivity index (χ3n) is 30.4. The van der Waals surface area contributed by atoms with Gasteiger partial charge in [0.25, 0.3) is 46.9 Å². The lowest BCUT2D eigenvalue weighted by Crippen LogP contribution is -2.55. The average Bonchev–Trinajstić information content (AvgIpc) is 0.818. The first-order valence-electron chi connectivity index (χ1n) is 52.4. The van der Waals surface area contributed by atoms with Crippen LogP contribution in [0.2, 0.25) is 0 Å². The fourth-order valence-electron chi connectivity index (χ4n) is 19.3. The topological polar surface area (TPSA) is 419 Å². The smallest absolute Gasteiger partial charge is 0.271 e. The van der Waals surface area contributed by atoms with Crippen LogP contribution in [0.3, 0.4) is 0 Å². The van der Waals surface area contributed by atoms with Crippen molar-refractivity contribution >= 4 is 47.1 Å². The maximum Gasteiger partial charge on any atom is 0.271 e. The van der Waals surface area contributed by atoms with Crippen molar-refractivity contribution in [2.24, 2.45) is 14.1 Å². The lowest BCUT2D eigenvalue weighted by Gasteiger charge is -2.41. The van der Waals surface area contributed by atoms with Crippen molar-refractivity contribution in [1.82, 2.24) is 101 Å². The number of hydrogen-bond acceptors (Lipinski definition) is 21. The Morgan fingerprint density at radius 3 is 1.05 bits per heavy atom. The van der Waals surface area contributed by atoms with Crippen LogP contribution in [0.5, 0.6) is 0 Å². The lowest BCUT2D eigenvalue weighted by molar-refractivity contribution is -0.122. The zero-order valence-corrected chi connectivity index (χ0v) is 92.0. The van der Waals surface area contributed by atoms with E-state index in [0.717, 1.165) is 205 Å². The maximum absolute atomic E-state index is 13.6. The van der Waals surface area contributed by atoms with E-state index in [-0.39, 0.29) is 119 Å². The number of hydrogen-bond donors (Lipinski definition) is 11. The van der Waals surface area contributed by atoms with Gasteiger partial charge in [-0.15, -0.1) is 0 Å². The minimum atomic E-state index is -0.713. The number of H-pyrrole nitrogens is 4. The molecule has 7 fully saturated rings. The highest BCUT2D eigenvalue weighted by atomic mass is 19.1. The second kappa shape index (κ2) is 53.1. The fraction of sp³-hybridized carbons (Fsp3) is 0.622. The molecule has 14 rings (SSSR count). The van der Waals surface area contributed by atoms with Crippen LogP contribution in [-0.4, -0.2) is 283 Å². The van der Waals surface area contributed by atoms with E-state index in [4.69, 9.17) is 0 Å². The highest BCUT2D eigenvalue weighted by Gasteiger charge is 2.41. The molecule has 34 nitrogen and oxygen atoms in total. The normalized spacial score (nSPS) is 19.3. The molecule has 0 unspecified atom stereocenters. The van der Waals surface area contributed by atoms with Gasteiger partial charge in [-0.25, -0.2) is 4.39 Å². The summed E-state index contributed by atoms with van der Waals surface area (Å²) in [5, 5.41) is 21.4. The molecule has 0 aromatic carbocycles. The van der Waals surface area contributed by atoms with E-state index in [1.165, 1.54) is 53.2 Å². The molecule has 0 saturated carbocycles. The third kappa shape index (κ3) is 36.1. The molecule has 0 spiro atoms. The van der Waals surface area contributed by atoms with Crippen molar-refractivity contribution < 1.29 is 42.7 Å². The zero-order valence-electron chi connectivity index (χ0n) is 92.0. The summed E-state index contributed by atoms with van der Waals surface area (Å²) < 4.78 is 16.8. The Bertz CT molecular complexity index is 5760. The summed E-state index contributed by atoms with van der Waals surface area (Å²) in [6.07, 6.45) is 21.5. The van der Waals surface area contributed by atoms with Crippen molar-refractivity contribution in [1.29, 1.82) is 0 Å². The number of allylic oxidation sites excluding steroid dienone is 3. The number of aryl methyl sites for hydroxylation is 4. The maximum atomic E-state index is 13.6. The number of ketones is 1. The number of nitrogens with one attached hydrogen (secondary N) is 11. The summed E-state index contributed by atoms with van der Waals surface area (Å²) in [5.41, 5.74) is 0.918. The zero-order chi connectivity index (χ0) is 108. The van der Waals surface area contributed by atoms with E-state index >= 15 is 0 Å². The molecule has 146 heavy (non-hydrogen) atoms. The Morgan fingerprint density at radius 2 is 0.685 bits per heavy atom. The molecule has 11 N–H and O–H groups in total. The second-order valence-corrected chi connectivity index (χ2v) is 45.0. The van der Waals surface area contributed by atoms with Crippen molar-refractivity contribution in [3.63, 3.8) is 0 Å². The van der Waals surface area contributed by atoms with E-state index in [1.807, 2.05) is 27.8 Å². The Morgan fingerprint density at radius 1 is 0.356 bits per heavy atom. The van der Waals surface area contributed by atoms with Gasteiger partial charge in [-0.05, 0) is 292 Å². The Hall–Kier alpha value is -11.2. The van der Waals surface area contributed by atoms with Gasteiger partial charge in [0, 0.05) is 259 Å². The molecule has 7 amide bonds. The third-order valence-corrected chi connectivity index (χ3v) is 30.4. The monoisotopic (exact) mass is 2030 g/mol. The lowest BCUT2D eigenvalue weighted by atomic mass is 9.88. The van der Waals surface area contributed by atoms with Crippen LogP contribution >= 0.6 is 0 Å². The molecule has 0 atom stereocenters. The number of carbonyl (C=O) groups excluding carboxylic acids is 8. The van der Waals surface area contributed by atoms with E-state index in [9.17, 15) is 71.5 Å². The standard InChI is InChI=1S/C17H27N3O2.3C16H25N3O2.C16H24N2O2.C15H22FN3O2.C15H23N3O2/c1-12(2)20-8-6-17(4,7-9-20)18-16(22)15-11-14(21)10-13(3)19(15)5;1-11(2)19-7-5-16(4,6-8-19)18-15(21)14-10-13(20)9-12(3)17-14;1-11(2)19-9-7-16(4,8-10-19)18-15(21)14-12(3)5-6-13(20)17-14;1-12(2)19-10-7-16(3,8-11-19)17-14(20)13-6-5-9-18(4)15(13)21;1-12(2)18-10-8-16(3,9-11-18)17-15(20)13-6-4-5-7-14(13)19;1-10(2)19-8-6-15(3,7-9-19)18-14(21)13-11(16)4-5-12(20)17-13;1-11(2)18-8-5-15(3,6-9-18)17-14(20)13-10-12(19)4-7-16-13/h10-12H,6-9H2,1-5H3,(H,18,22);9-11H,5-8H2,1-4H3,(H,17,20)(H,18,21);5-6,11H,7-10H2,1-4H3,(H,17,20)(H,18,21);5-6,9,12H,7-8,10-11H2,1-4H3,(H,17,20);5-7,12H,4,8-11H2,1-3H3,(H,17,20);4-5,10H,6-9H2,1-3H3,(H,17,20)(H,18,21);4,7,10-11H,5-6,8-9H2,1-3H3,(H,16,19)(H,17,20). The first kappa shape index (κ1) is 120. The molecule has 6 aromatic heterocycles. The highest BCUT2D eigenvalue weighted by molar-refractivity contribution is 6.24. The van der Waals surface area contributed by atoms with Gasteiger partial charge in [-0.3, -0.25) is 67.1 Å². The molecule has 6 aromatic rings. The van der Waals surface area contributed by atoms with Crippen LogP contribution in [0, 0.1) is 26.6 Å². The molecule has 13 heterocycles. The second-order valence-electron chi connectivity index (χ2n) is 45.0. The van der Waals surface area contributed by atoms with E-state index < -0.39 is 17.3 Å². The summed E-state index contributed by atoms with van der Waals surface area (Å²) in [6, 6.07) is 20.8. The van der Waals surface area contributed by atoms with Gasteiger partial charge < -0.3 is 101 Å². The SMILES string of the molecule is CC(C)N1CCC(C)(NC(=O)C2=CCC=CC2=O)CC1.CC(C)N1CCC(C)(NC(=O)c2[nH]c(=O)ccc2F)CC1.CC(C)N1CCC(C)(NC(=O)c2cc(=O)cc[nH]2)CC1.CC(C)N1CCC(C)(NC(=O)c2cccn(C)c2=O)CC1.Cc1cc(=O)cc(C(=O)NC2(C)CCN(C(C)C)CC2)[nH]1.Cc1cc(=O)cc(C(=O)NC2(C)CCN(C(C)C)CC2)n1C.Cc1ccc(=O)[nH]c1C(=O)NC1(C)CCN(C(C)C)CC1. The molecule has 0 radical (unpaired) electrons. The average molecular weight is 2030 g/mol. The van der Waals surface area contributed by atoms with Gasteiger partial charge in [0.15, 0.2) is 27.9 Å². The van der Waals surface area contributed by atoms with Crippen LogP contribution in [0.4, 0.5) is 4.39 Å². The van der Waals surface area contributed by atoms with Crippen LogP contribution < -0.4 is 70.2 Å². The van der Waals surface area contributed by atoms with Crippen LogP contribution in [-0.2, 0) is 23.7 Å². The summed E-state index contributed by atoms with van der Waals surface area (Å²) >= 11 is 0. The highest BCUT2D eigenvalue weighted by Crippen LogP contribution is 2.32. The summed E-state index contributed by atoms with van der Waals surface area (Å²) in [7, 11) is 3.47. The predicted octanol–water partition coefficient (Wildman–Crippen LogP) is 11.1. The van der Waals surface area contributed by atoms with Crippen LogP contribution in [0.25, 0.3) is 0 Å². The minimum Gasteiger partial charge on any atom is -0.357 e. The number of amides is 7. The number of halogens is 1. The van der Waals surface area contributed by atoms with Gasteiger partial charge in [0.1, 0.15) is 34.0 Å². The molecule has 0 bridgehead atoms. The molecule has 806 valence electrons. The number of carbonyl (C=O) groups is 8. The number of nitrogens with zero attached hydrogens (tertiary/aromatic N) is 9. The van der Waals surface area contributed by atoms with Gasteiger partial charge in [0.05, 0.1) is 5.57 Å². The van der Waals surface area contributed by atoms with Crippen LogP contribution in [0.15, 0.2) is 138 Å². The van der Waals surface area contributed by atoms with Gasteiger partial charge >= 0.3 is 0 Å². The number of rotatable bonds is 21. The first-order valence-corrected chi connectivity index (χ1v) is 52.4. The number of likely N-dealkylation sites (tertiary alicyclic amines) is 7. The molecule has 7 saturated heterocycles. The van der Waals surface area contributed by atoms with E-state index in [2.05, 4.69) is 230 Å². The quantitative estimate of drug-likeness (QED) is 0.0298. The Kier molecular flexibility index (Phi) is 43.6. The largest absolute Gasteiger partial charge is 0.357 e. The van der Waals surface area contributed by atoms with Crippen molar-refractivity contribution in [2.45, 2.75) is 344 Å². The molecule has 35 heteroatoms. The summed E-state index contributed by atoms with van der Waals surface area (Å²) in [4.78, 5) is 195. The molecular formula is C111H171FN20O14. The predicted molar refractivity (Wildman–Crippen MR) is 576 cm³/mol. The number of aromatic amines is 4. The number of pyridine rings is 6. The van der Waals surface area contributed by atoms with Gasteiger partial charge in [0.2, 0.25) is 11.1 Å². The Balaban J connectivity index is 0.000000208. The van der Waals surface area contributed by atoms with Gasteiger partial charge in [-0.1, -0.05) is 18.2 Å². The van der Waals surface area contributed by atoms with E-state index in [1.54, 1.807) is 61.2 Å². The molecular weight excluding hydrogens is 1860 g/mol. The molecule has 7 aliphatic heterocycles. The molecule has 8 aliphatic rings. The first-order chi connectivity index (χ1) is 68.2. The molecule has 1 aliphatic carbocycles. The number of aromatic nitrogens is 6. The van der Waals surface area contributed by atoms with Crippen molar-refractivity contribution in [3.8, 4) is 0 Å². The Labute approximate surface area is 862 Å². The minimum absolute atomic E-state index is 0.125.